The van der Waals surface area contributed by atoms with Crippen molar-refractivity contribution in [2.75, 3.05) is 7.11 Å². The van der Waals surface area contributed by atoms with Crippen molar-refractivity contribution >= 4 is 21.7 Å². The van der Waals surface area contributed by atoms with Crippen molar-refractivity contribution in [2.24, 2.45) is 0 Å². The highest BCUT2D eigenvalue weighted by Gasteiger charge is 2.10. The summed E-state index contributed by atoms with van der Waals surface area (Å²) >= 11 is 0. The van der Waals surface area contributed by atoms with Gasteiger partial charge in [-0.05, 0) is 24.4 Å². The van der Waals surface area contributed by atoms with E-state index in [0.29, 0.717) is 5.39 Å². The summed E-state index contributed by atoms with van der Waals surface area (Å²) in [6.07, 6.45) is 0. The summed E-state index contributed by atoms with van der Waals surface area (Å²) in [5, 5.41) is 2.68. The molecule has 0 fully saturated rings. The van der Waals surface area contributed by atoms with E-state index < -0.39 is 0 Å². The first-order chi connectivity index (χ1) is 8.72. The molecule has 1 heterocycles. The smallest absolute Gasteiger partial charge is 0.291 e. The van der Waals surface area contributed by atoms with Crippen LogP contribution in [0.15, 0.2) is 47.3 Å². The lowest BCUT2D eigenvalue weighted by molar-refractivity contribution is 0.170. The number of para-hydroxylation sites is 1. The van der Waals surface area contributed by atoms with Crippen molar-refractivity contribution in [3.8, 4) is 0 Å². The van der Waals surface area contributed by atoms with Gasteiger partial charge < -0.3 is 4.84 Å². The summed E-state index contributed by atoms with van der Waals surface area (Å²) in [5.74, 6) is 0. The van der Waals surface area contributed by atoms with Gasteiger partial charge in [0.2, 0.25) is 0 Å². The molecule has 0 saturated carbocycles. The van der Waals surface area contributed by atoms with Crippen LogP contribution in [0.25, 0.3) is 21.7 Å². The highest BCUT2D eigenvalue weighted by atomic mass is 16.6. The number of aromatic nitrogens is 1. The third-order valence-electron chi connectivity index (χ3n) is 3.19. The van der Waals surface area contributed by atoms with Gasteiger partial charge in [-0.3, -0.25) is 4.79 Å². The molecule has 3 nitrogen and oxygen atoms in total. The van der Waals surface area contributed by atoms with Crippen LogP contribution in [0.5, 0.6) is 0 Å². The maximum Gasteiger partial charge on any atom is 0.291 e. The molecule has 0 bridgehead atoms. The molecule has 0 radical (unpaired) electrons. The molecule has 0 atom stereocenters. The third kappa shape index (κ3) is 1.40. The van der Waals surface area contributed by atoms with E-state index in [2.05, 4.69) is 0 Å². The molecule has 0 saturated heterocycles. The van der Waals surface area contributed by atoms with Gasteiger partial charge in [-0.25, -0.2) is 0 Å². The molecule has 3 aromatic rings. The van der Waals surface area contributed by atoms with Crippen LogP contribution in [-0.4, -0.2) is 11.8 Å². The van der Waals surface area contributed by atoms with Crippen LogP contribution in [-0.2, 0) is 0 Å². The summed E-state index contributed by atoms with van der Waals surface area (Å²) in [6.45, 7) is 1.98. The number of aryl methyl sites for hydroxylation is 1. The Morgan fingerprint density at radius 3 is 2.56 bits per heavy atom. The molecular weight excluding hydrogens is 226 g/mol. The van der Waals surface area contributed by atoms with Crippen LogP contribution in [0.3, 0.4) is 0 Å². The lowest BCUT2D eigenvalue weighted by Crippen LogP contribution is -2.25. The van der Waals surface area contributed by atoms with Gasteiger partial charge in [-0.15, -0.1) is 4.73 Å². The maximum atomic E-state index is 12.4. The Labute approximate surface area is 104 Å². The molecule has 0 aliphatic heterocycles. The zero-order valence-electron chi connectivity index (χ0n) is 10.3. The Morgan fingerprint density at radius 2 is 1.78 bits per heavy atom. The highest BCUT2D eigenvalue weighted by molar-refractivity contribution is 6.05. The highest BCUT2D eigenvalue weighted by Crippen LogP contribution is 2.22. The first-order valence-corrected chi connectivity index (χ1v) is 5.81. The van der Waals surface area contributed by atoms with Crippen LogP contribution in [0.2, 0.25) is 0 Å². The number of pyridine rings is 1. The van der Waals surface area contributed by atoms with E-state index in [-0.39, 0.29) is 5.56 Å². The lowest BCUT2D eigenvalue weighted by Gasteiger charge is -2.11. The number of rotatable bonds is 1. The second kappa shape index (κ2) is 3.88. The topological polar surface area (TPSA) is 31.2 Å². The summed E-state index contributed by atoms with van der Waals surface area (Å²) in [6, 6.07) is 13.7. The average Bonchev–Trinajstić information content (AvgIpc) is 2.39. The van der Waals surface area contributed by atoms with Crippen molar-refractivity contribution in [3.63, 3.8) is 0 Å². The first kappa shape index (κ1) is 10.8. The monoisotopic (exact) mass is 239 g/mol. The lowest BCUT2D eigenvalue weighted by atomic mass is 10.0. The summed E-state index contributed by atoms with van der Waals surface area (Å²) in [5.41, 5.74) is 1.74. The van der Waals surface area contributed by atoms with Crippen molar-refractivity contribution in [3.05, 3.63) is 58.4 Å². The second-order valence-electron chi connectivity index (χ2n) is 4.35. The molecule has 0 aliphatic rings. The molecule has 3 rings (SSSR count). The minimum absolute atomic E-state index is 0.116. The zero-order chi connectivity index (χ0) is 12.7. The molecular formula is C15H13NO2. The Balaban J connectivity index is 2.66. The fourth-order valence-corrected chi connectivity index (χ4v) is 2.35. The Morgan fingerprint density at radius 1 is 1.00 bits per heavy atom. The minimum Gasteiger partial charge on any atom is -0.413 e. The largest absolute Gasteiger partial charge is 0.413 e. The van der Waals surface area contributed by atoms with E-state index in [0.717, 1.165) is 21.9 Å². The van der Waals surface area contributed by atoms with Crippen LogP contribution in [0.1, 0.15) is 5.56 Å². The van der Waals surface area contributed by atoms with Gasteiger partial charge in [-0.2, -0.15) is 0 Å². The number of hydrogen-bond donors (Lipinski definition) is 0. The number of benzene rings is 2. The molecule has 18 heavy (non-hydrogen) atoms. The van der Waals surface area contributed by atoms with Crippen molar-refractivity contribution in [1.82, 2.24) is 4.73 Å². The van der Waals surface area contributed by atoms with Gasteiger partial charge in [0, 0.05) is 5.39 Å². The van der Waals surface area contributed by atoms with Gasteiger partial charge in [0.15, 0.2) is 0 Å². The zero-order valence-corrected chi connectivity index (χ0v) is 10.3. The quantitative estimate of drug-likeness (QED) is 0.611. The van der Waals surface area contributed by atoms with E-state index in [9.17, 15) is 4.79 Å². The van der Waals surface area contributed by atoms with Crippen molar-refractivity contribution < 1.29 is 4.84 Å². The Hall–Kier alpha value is -2.29. The van der Waals surface area contributed by atoms with Gasteiger partial charge in [0.25, 0.3) is 5.56 Å². The average molecular weight is 239 g/mol. The summed E-state index contributed by atoms with van der Waals surface area (Å²) in [7, 11) is 1.51. The first-order valence-electron chi connectivity index (χ1n) is 5.81. The van der Waals surface area contributed by atoms with E-state index in [4.69, 9.17) is 4.84 Å². The molecule has 0 spiro atoms. The molecule has 1 aromatic heterocycles. The van der Waals surface area contributed by atoms with Gasteiger partial charge >= 0.3 is 0 Å². The van der Waals surface area contributed by atoms with Gasteiger partial charge in [-0.1, -0.05) is 35.9 Å². The predicted octanol–water partition coefficient (Wildman–Crippen LogP) is 2.52. The van der Waals surface area contributed by atoms with Crippen molar-refractivity contribution in [1.29, 1.82) is 0 Å². The Bertz CT molecular complexity index is 803. The Kier molecular flexibility index (Phi) is 2.33. The molecule has 3 heteroatoms. The van der Waals surface area contributed by atoms with Crippen LogP contribution < -0.4 is 10.4 Å². The summed E-state index contributed by atoms with van der Waals surface area (Å²) in [4.78, 5) is 17.6. The summed E-state index contributed by atoms with van der Waals surface area (Å²) < 4.78 is 1.34. The van der Waals surface area contributed by atoms with Crippen molar-refractivity contribution in [2.45, 2.75) is 6.92 Å². The van der Waals surface area contributed by atoms with Crippen LogP contribution in [0, 0.1) is 6.92 Å². The fraction of sp³-hybridized carbons (Fsp3) is 0.133. The number of nitrogens with zero attached hydrogens (tertiary/aromatic N) is 1. The predicted molar refractivity (Wildman–Crippen MR) is 73.0 cm³/mol. The standard InChI is InChI=1S/C15H13NO2/c1-10-7-8-11-12-5-3-4-6-14(12)16(18-2)15(17)13(11)9-10/h3-9H,1-2H3. The number of fused-ring (bicyclic) bond motifs is 3. The maximum absolute atomic E-state index is 12.4. The van der Waals surface area contributed by atoms with E-state index in [1.165, 1.54) is 11.8 Å². The molecule has 0 unspecified atom stereocenters. The van der Waals surface area contributed by atoms with Gasteiger partial charge in [0.05, 0.1) is 10.9 Å². The number of hydrogen-bond acceptors (Lipinski definition) is 2. The fourth-order valence-electron chi connectivity index (χ4n) is 2.35. The molecule has 0 aliphatic carbocycles. The molecule has 0 N–H and O–H groups in total. The van der Waals surface area contributed by atoms with E-state index in [1.54, 1.807) is 0 Å². The SMILES string of the molecule is COn1c(=O)c2cc(C)ccc2c2ccccc21. The van der Waals surface area contributed by atoms with E-state index >= 15 is 0 Å². The minimum atomic E-state index is -0.116. The van der Waals surface area contributed by atoms with E-state index in [1.807, 2.05) is 49.4 Å². The van der Waals surface area contributed by atoms with Gasteiger partial charge in [0.1, 0.15) is 7.11 Å². The molecule has 90 valence electrons. The molecule has 0 amide bonds. The van der Waals surface area contributed by atoms with Crippen LogP contribution >= 0.6 is 0 Å². The second-order valence-corrected chi connectivity index (χ2v) is 4.35. The third-order valence-corrected chi connectivity index (χ3v) is 3.19. The normalized spacial score (nSPS) is 11.0. The molecule has 2 aromatic carbocycles. The van der Waals surface area contributed by atoms with Crippen LogP contribution in [0.4, 0.5) is 0 Å².